The number of halogens is 1. The molecule has 1 aliphatic carbocycles. The van der Waals surface area contributed by atoms with Gasteiger partial charge in [-0.1, -0.05) is 29.8 Å². The molecule has 1 aliphatic heterocycles. The number of benzene rings is 2. The molecule has 1 saturated heterocycles. The molecular formula is C23H28ClN3O3S. The lowest BCUT2D eigenvalue weighted by Gasteiger charge is -2.42. The Balaban J connectivity index is 1.47. The SMILES string of the molecule is CS(=O)(=O)c1cccc(N2CCN(C3CCC(CN)(c4cccc(Cl)c4)CC3)C2=O)c1. The predicted octanol–water partition coefficient (Wildman–Crippen LogP) is 3.82. The first-order valence-corrected chi connectivity index (χ1v) is 12.8. The molecule has 0 spiro atoms. The number of nitrogens with zero attached hydrogens (tertiary/aromatic N) is 2. The van der Waals surface area contributed by atoms with Gasteiger partial charge in [-0.25, -0.2) is 13.2 Å². The molecule has 0 unspecified atom stereocenters. The van der Waals surface area contributed by atoms with Gasteiger partial charge >= 0.3 is 6.03 Å². The van der Waals surface area contributed by atoms with Crippen LogP contribution in [-0.4, -0.2) is 51.3 Å². The lowest BCUT2D eigenvalue weighted by atomic mass is 9.68. The second-order valence-corrected chi connectivity index (χ2v) is 11.1. The summed E-state index contributed by atoms with van der Waals surface area (Å²) in [6.07, 6.45) is 4.75. The molecule has 2 aromatic rings. The zero-order valence-electron chi connectivity index (χ0n) is 17.6. The summed E-state index contributed by atoms with van der Waals surface area (Å²) >= 11 is 6.21. The number of amides is 2. The van der Waals surface area contributed by atoms with Gasteiger partial charge in [-0.05, 0) is 61.6 Å². The van der Waals surface area contributed by atoms with E-state index < -0.39 is 9.84 Å². The lowest BCUT2D eigenvalue weighted by molar-refractivity contribution is 0.156. The highest BCUT2D eigenvalue weighted by Gasteiger charge is 2.41. The molecule has 4 rings (SSSR count). The fraction of sp³-hybridized carbons (Fsp3) is 0.435. The highest BCUT2D eigenvalue weighted by molar-refractivity contribution is 7.90. The summed E-state index contributed by atoms with van der Waals surface area (Å²) in [6.45, 7) is 1.75. The van der Waals surface area contributed by atoms with Crippen molar-refractivity contribution in [3.8, 4) is 0 Å². The van der Waals surface area contributed by atoms with Gasteiger partial charge in [0.15, 0.2) is 9.84 Å². The molecule has 1 heterocycles. The normalized spacial score (nSPS) is 24.6. The Morgan fingerprint density at radius 3 is 2.45 bits per heavy atom. The van der Waals surface area contributed by atoms with E-state index in [1.54, 1.807) is 29.2 Å². The number of urea groups is 1. The van der Waals surface area contributed by atoms with Gasteiger partial charge in [0.25, 0.3) is 0 Å². The number of sulfone groups is 1. The van der Waals surface area contributed by atoms with Crippen LogP contribution in [0.5, 0.6) is 0 Å². The number of carbonyl (C=O) groups is 1. The van der Waals surface area contributed by atoms with Crippen LogP contribution in [0.2, 0.25) is 5.02 Å². The van der Waals surface area contributed by atoms with E-state index in [1.807, 2.05) is 23.1 Å². The van der Waals surface area contributed by atoms with Crippen LogP contribution in [0.1, 0.15) is 31.2 Å². The third-order valence-corrected chi connectivity index (χ3v) is 8.12. The summed E-state index contributed by atoms with van der Waals surface area (Å²) < 4.78 is 23.8. The summed E-state index contributed by atoms with van der Waals surface area (Å²) in [5.74, 6) is 0. The summed E-state index contributed by atoms with van der Waals surface area (Å²) in [5.41, 5.74) is 7.91. The third-order valence-electron chi connectivity index (χ3n) is 6.78. The van der Waals surface area contributed by atoms with Crippen molar-refractivity contribution in [2.24, 2.45) is 5.73 Å². The van der Waals surface area contributed by atoms with Gasteiger partial charge in [0, 0.05) is 48.1 Å². The molecule has 2 fully saturated rings. The fourth-order valence-electron chi connectivity index (χ4n) is 4.91. The minimum Gasteiger partial charge on any atom is -0.330 e. The zero-order valence-corrected chi connectivity index (χ0v) is 19.2. The van der Waals surface area contributed by atoms with E-state index in [-0.39, 0.29) is 22.4 Å². The van der Waals surface area contributed by atoms with E-state index in [9.17, 15) is 13.2 Å². The van der Waals surface area contributed by atoms with Crippen molar-refractivity contribution < 1.29 is 13.2 Å². The first kappa shape index (κ1) is 22.1. The fourth-order valence-corrected chi connectivity index (χ4v) is 5.76. The van der Waals surface area contributed by atoms with Crippen LogP contribution in [0.15, 0.2) is 53.4 Å². The number of hydrogen-bond acceptors (Lipinski definition) is 4. The van der Waals surface area contributed by atoms with Crippen molar-refractivity contribution in [1.82, 2.24) is 4.90 Å². The molecular weight excluding hydrogens is 434 g/mol. The van der Waals surface area contributed by atoms with Crippen molar-refractivity contribution >= 4 is 33.2 Å². The van der Waals surface area contributed by atoms with Crippen molar-refractivity contribution in [1.29, 1.82) is 0 Å². The molecule has 8 heteroatoms. The van der Waals surface area contributed by atoms with E-state index in [2.05, 4.69) is 6.07 Å². The summed E-state index contributed by atoms with van der Waals surface area (Å²) in [4.78, 5) is 17.0. The molecule has 166 valence electrons. The molecule has 31 heavy (non-hydrogen) atoms. The van der Waals surface area contributed by atoms with Gasteiger partial charge in [0.2, 0.25) is 0 Å². The molecule has 6 nitrogen and oxygen atoms in total. The Labute approximate surface area is 188 Å². The molecule has 0 bridgehead atoms. The van der Waals surface area contributed by atoms with E-state index in [0.717, 1.165) is 25.7 Å². The number of carbonyl (C=O) groups excluding carboxylic acids is 1. The Kier molecular flexibility index (Phi) is 6.03. The van der Waals surface area contributed by atoms with Gasteiger partial charge in [0.05, 0.1) is 4.90 Å². The molecule has 2 N–H and O–H groups in total. The summed E-state index contributed by atoms with van der Waals surface area (Å²) in [5, 5.41) is 0.717. The quantitative estimate of drug-likeness (QED) is 0.733. The number of hydrogen-bond donors (Lipinski definition) is 1. The maximum atomic E-state index is 13.2. The number of anilines is 1. The maximum absolute atomic E-state index is 13.2. The van der Waals surface area contributed by atoms with E-state index >= 15 is 0 Å². The Hall–Kier alpha value is -2.09. The van der Waals surface area contributed by atoms with Crippen LogP contribution < -0.4 is 10.6 Å². The molecule has 2 aromatic carbocycles. The van der Waals surface area contributed by atoms with Crippen LogP contribution in [0.25, 0.3) is 0 Å². The molecule has 0 aromatic heterocycles. The van der Waals surface area contributed by atoms with Gasteiger partial charge in [-0.15, -0.1) is 0 Å². The summed E-state index contributed by atoms with van der Waals surface area (Å²) in [7, 11) is -3.32. The molecule has 2 amide bonds. The highest BCUT2D eigenvalue weighted by atomic mass is 35.5. The maximum Gasteiger partial charge on any atom is 0.324 e. The molecule has 2 aliphatic rings. The Morgan fingerprint density at radius 2 is 1.81 bits per heavy atom. The van der Waals surface area contributed by atoms with Crippen molar-refractivity contribution in [3.63, 3.8) is 0 Å². The minimum absolute atomic E-state index is 0.0568. The van der Waals surface area contributed by atoms with Gasteiger partial charge < -0.3 is 10.6 Å². The monoisotopic (exact) mass is 461 g/mol. The van der Waals surface area contributed by atoms with Crippen LogP contribution in [0.4, 0.5) is 10.5 Å². The van der Waals surface area contributed by atoms with E-state index in [1.165, 1.54) is 11.8 Å². The second kappa shape index (κ2) is 8.45. The van der Waals surface area contributed by atoms with Gasteiger partial charge in [0.1, 0.15) is 0 Å². The molecule has 0 radical (unpaired) electrons. The smallest absolute Gasteiger partial charge is 0.324 e. The topological polar surface area (TPSA) is 83.7 Å². The molecule has 1 saturated carbocycles. The van der Waals surface area contributed by atoms with Gasteiger partial charge in [-0.3, -0.25) is 4.90 Å². The van der Waals surface area contributed by atoms with Crippen LogP contribution in [-0.2, 0) is 15.3 Å². The predicted molar refractivity (Wildman–Crippen MR) is 123 cm³/mol. The van der Waals surface area contributed by atoms with Crippen LogP contribution in [0.3, 0.4) is 0 Å². The average molecular weight is 462 g/mol. The first-order chi connectivity index (χ1) is 14.7. The average Bonchev–Trinajstić information content (AvgIpc) is 3.14. The van der Waals surface area contributed by atoms with Gasteiger partial charge in [-0.2, -0.15) is 0 Å². The standard InChI is InChI=1S/C23H28ClN3O3S/c1-31(29,30)21-7-3-6-20(15-21)27-13-12-26(22(27)28)19-8-10-23(16-25,11-9-19)17-4-2-5-18(24)14-17/h2-7,14-15,19H,8-13,16,25H2,1H3. The largest absolute Gasteiger partial charge is 0.330 e. The van der Waals surface area contributed by atoms with Crippen molar-refractivity contribution in [3.05, 3.63) is 59.1 Å². The molecule has 0 atom stereocenters. The van der Waals surface area contributed by atoms with E-state index in [4.69, 9.17) is 17.3 Å². The number of nitrogens with two attached hydrogens (primary N) is 1. The Bertz CT molecular complexity index is 1080. The van der Waals surface area contributed by atoms with Crippen molar-refractivity contribution in [2.75, 3.05) is 30.8 Å². The zero-order chi connectivity index (χ0) is 22.2. The first-order valence-electron chi connectivity index (χ1n) is 10.6. The third kappa shape index (κ3) is 4.31. The lowest BCUT2D eigenvalue weighted by Crippen LogP contribution is -2.46. The van der Waals surface area contributed by atoms with Crippen LogP contribution in [0, 0.1) is 0 Å². The Morgan fingerprint density at radius 1 is 1.10 bits per heavy atom. The highest BCUT2D eigenvalue weighted by Crippen LogP contribution is 2.41. The van der Waals surface area contributed by atoms with Crippen molar-refractivity contribution in [2.45, 2.75) is 42.0 Å². The number of rotatable bonds is 5. The minimum atomic E-state index is -3.32. The summed E-state index contributed by atoms with van der Waals surface area (Å²) in [6, 6.07) is 14.6. The van der Waals surface area contributed by atoms with E-state index in [0.29, 0.717) is 30.3 Å². The second-order valence-electron chi connectivity index (χ2n) is 8.62. The van der Waals surface area contributed by atoms with Crippen LogP contribution >= 0.6 is 11.6 Å².